The highest BCUT2D eigenvalue weighted by Gasteiger charge is 2.13. The average Bonchev–Trinajstić information content (AvgIpc) is 2.95. The van der Waals surface area contributed by atoms with E-state index in [1.807, 2.05) is 5.38 Å². The highest BCUT2D eigenvalue weighted by molar-refractivity contribution is 7.99. The molecule has 0 bridgehead atoms. The first-order valence-corrected chi connectivity index (χ1v) is 9.17. The standard InChI is InChI=1S/C17H18N2O2S2/c1-10-4-5-12(8-11(10)2)13-9-23-16-14(13)15(20)18-17(19-16)22-7-6-21-3/h4-5,8-9H,6-7H2,1-3H3,(H,18,19,20). The Bertz CT molecular complexity index is 899. The van der Waals surface area contributed by atoms with Gasteiger partial charge < -0.3 is 9.72 Å². The van der Waals surface area contributed by atoms with Crippen molar-refractivity contribution in [3.8, 4) is 11.1 Å². The Labute approximate surface area is 142 Å². The minimum atomic E-state index is -0.0793. The highest BCUT2D eigenvalue weighted by Crippen LogP contribution is 2.32. The first-order valence-electron chi connectivity index (χ1n) is 7.31. The molecular weight excluding hydrogens is 328 g/mol. The summed E-state index contributed by atoms with van der Waals surface area (Å²) in [6.07, 6.45) is 0. The summed E-state index contributed by atoms with van der Waals surface area (Å²) in [5, 5.41) is 3.34. The number of benzene rings is 1. The van der Waals surface area contributed by atoms with E-state index in [9.17, 15) is 4.79 Å². The van der Waals surface area contributed by atoms with Gasteiger partial charge in [0.05, 0.1) is 12.0 Å². The van der Waals surface area contributed by atoms with Crippen molar-refractivity contribution in [2.45, 2.75) is 19.0 Å². The number of aromatic nitrogens is 2. The smallest absolute Gasteiger partial charge is 0.260 e. The van der Waals surface area contributed by atoms with Gasteiger partial charge in [0, 0.05) is 23.8 Å². The fraction of sp³-hybridized carbons (Fsp3) is 0.294. The molecule has 0 unspecified atom stereocenters. The third-order valence-electron chi connectivity index (χ3n) is 3.77. The summed E-state index contributed by atoms with van der Waals surface area (Å²) in [7, 11) is 1.66. The molecule has 3 rings (SSSR count). The van der Waals surface area contributed by atoms with Gasteiger partial charge in [0.15, 0.2) is 5.16 Å². The molecule has 0 atom stereocenters. The molecule has 3 aromatic rings. The predicted octanol–water partition coefficient (Wildman–Crippen LogP) is 4.01. The van der Waals surface area contributed by atoms with Crippen molar-refractivity contribution in [1.82, 2.24) is 9.97 Å². The normalized spacial score (nSPS) is 11.3. The van der Waals surface area contributed by atoms with E-state index < -0.39 is 0 Å². The maximum Gasteiger partial charge on any atom is 0.260 e. The fourth-order valence-corrected chi connectivity index (χ4v) is 4.11. The molecule has 0 aliphatic carbocycles. The third kappa shape index (κ3) is 3.34. The van der Waals surface area contributed by atoms with Crippen molar-refractivity contribution in [2.24, 2.45) is 0 Å². The van der Waals surface area contributed by atoms with Gasteiger partial charge in [-0.25, -0.2) is 4.98 Å². The Morgan fingerprint density at radius 2 is 2.13 bits per heavy atom. The summed E-state index contributed by atoms with van der Waals surface area (Å²) in [5.74, 6) is 0.764. The molecule has 0 aliphatic rings. The number of thioether (sulfide) groups is 1. The van der Waals surface area contributed by atoms with Gasteiger partial charge >= 0.3 is 0 Å². The monoisotopic (exact) mass is 346 g/mol. The number of nitrogens with zero attached hydrogens (tertiary/aromatic N) is 1. The summed E-state index contributed by atoms with van der Waals surface area (Å²) in [5.41, 5.74) is 4.40. The van der Waals surface area contributed by atoms with Gasteiger partial charge in [-0.15, -0.1) is 11.3 Å². The lowest BCUT2D eigenvalue weighted by Crippen LogP contribution is -2.09. The molecule has 4 nitrogen and oxygen atoms in total. The third-order valence-corrected chi connectivity index (χ3v) is 5.48. The zero-order valence-electron chi connectivity index (χ0n) is 13.3. The lowest BCUT2D eigenvalue weighted by molar-refractivity contribution is 0.218. The minimum Gasteiger partial charge on any atom is -0.384 e. The van der Waals surface area contributed by atoms with Crippen molar-refractivity contribution in [2.75, 3.05) is 19.5 Å². The van der Waals surface area contributed by atoms with Gasteiger partial charge in [-0.3, -0.25) is 4.79 Å². The molecule has 1 aromatic carbocycles. The largest absolute Gasteiger partial charge is 0.384 e. The van der Waals surface area contributed by atoms with Gasteiger partial charge in [0.1, 0.15) is 4.83 Å². The Kier molecular flexibility index (Phi) is 4.84. The Morgan fingerprint density at radius 1 is 1.30 bits per heavy atom. The molecule has 1 N–H and O–H groups in total. The van der Waals surface area contributed by atoms with E-state index in [-0.39, 0.29) is 5.56 Å². The Morgan fingerprint density at radius 3 is 2.87 bits per heavy atom. The number of hydrogen-bond acceptors (Lipinski definition) is 5. The number of rotatable bonds is 5. The van der Waals surface area contributed by atoms with Gasteiger partial charge in [-0.05, 0) is 30.5 Å². The summed E-state index contributed by atoms with van der Waals surface area (Å²) in [6, 6.07) is 6.27. The van der Waals surface area contributed by atoms with Crippen molar-refractivity contribution < 1.29 is 4.74 Å². The van der Waals surface area contributed by atoms with Crippen LogP contribution in [0.2, 0.25) is 0 Å². The first kappa shape index (κ1) is 16.2. The number of H-pyrrole nitrogens is 1. The number of fused-ring (bicyclic) bond motifs is 1. The number of nitrogens with one attached hydrogen (secondary N) is 1. The van der Waals surface area contributed by atoms with E-state index in [2.05, 4.69) is 42.0 Å². The van der Waals surface area contributed by atoms with Crippen LogP contribution in [0.25, 0.3) is 21.3 Å². The van der Waals surface area contributed by atoms with E-state index >= 15 is 0 Å². The molecule has 0 aliphatic heterocycles. The van der Waals surface area contributed by atoms with Crippen LogP contribution in [0, 0.1) is 13.8 Å². The van der Waals surface area contributed by atoms with Crippen LogP contribution in [0.3, 0.4) is 0 Å². The highest BCUT2D eigenvalue weighted by atomic mass is 32.2. The van der Waals surface area contributed by atoms with Gasteiger partial charge in [0.25, 0.3) is 5.56 Å². The second-order valence-electron chi connectivity index (χ2n) is 5.34. The summed E-state index contributed by atoms with van der Waals surface area (Å²) in [6.45, 7) is 4.80. The fourth-order valence-electron chi connectivity index (χ4n) is 2.34. The maximum absolute atomic E-state index is 12.5. The average molecular weight is 346 g/mol. The summed E-state index contributed by atoms with van der Waals surface area (Å²) < 4.78 is 5.03. The van der Waals surface area contributed by atoms with Crippen molar-refractivity contribution in [3.63, 3.8) is 0 Å². The molecule has 0 saturated heterocycles. The maximum atomic E-state index is 12.5. The number of thiophene rings is 1. The van der Waals surface area contributed by atoms with Crippen LogP contribution in [0.1, 0.15) is 11.1 Å². The summed E-state index contributed by atoms with van der Waals surface area (Å²) in [4.78, 5) is 20.7. The second-order valence-corrected chi connectivity index (χ2v) is 7.28. The van der Waals surface area contributed by atoms with Gasteiger partial charge in [-0.1, -0.05) is 30.0 Å². The molecule has 0 saturated carbocycles. The molecule has 0 fully saturated rings. The lowest BCUT2D eigenvalue weighted by Gasteiger charge is -2.05. The van der Waals surface area contributed by atoms with Gasteiger partial charge in [-0.2, -0.15) is 0 Å². The van der Waals surface area contributed by atoms with Crippen molar-refractivity contribution >= 4 is 33.3 Å². The minimum absolute atomic E-state index is 0.0793. The van der Waals surface area contributed by atoms with E-state index in [1.54, 1.807) is 7.11 Å². The zero-order valence-corrected chi connectivity index (χ0v) is 14.9. The van der Waals surface area contributed by atoms with E-state index in [4.69, 9.17) is 4.74 Å². The summed E-state index contributed by atoms with van der Waals surface area (Å²) >= 11 is 3.01. The molecule has 0 amide bonds. The quantitative estimate of drug-likeness (QED) is 0.431. The SMILES string of the molecule is COCCSc1nc2scc(-c3ccc(C)c(C)c3)c2c(=O)[nH]1. The molecular formula is C17H18N2O2S2. The molecule has 6 heteroatoms. The van der Waals surface area contributed by atoms with E-state index in [0.717, 1.165) is 21.7 Å². The van der Waals surface area contributed by atoms with Crippen LogP contribution in [-0.2, 0) is 4.74 Å². The van der Waals surface area contributed by atoms with Crippen molar-refractivity contribution in [3.05, 3.63) is 45.1 Å². The molecule has 2 aromatic heterocycles. The Hall–Kier alpha value is -1.63. The van der Waals surface area contributed by atoms with Crippen LogP contribution >= 0.6 is 23.1 Å². The van der Waals surface area contributed by atoms with E-state index in [0.29, 0.717) is 17.1 Å². The number of methoxy groups -OCH3 is 1. The van der Waals surface area contributed by atoms with E-state index in [1.165, 1.54) is 34.2 Å². The van der Waals surface area contributed by atoms with Crippen LogP contribution in [-0.4, -0.2) is 29.4 Å². The number of aryl methyl sites for hydroxylation is 2. The second kappa shape index (κ2) is 6.86. The molecule has 23 heavy (non-hydrogen) atoms. The molecule has 0 radical (unpaired) electrons. The van der Waals surface area contributed by atoms with Gasteiger partial charge in [0.2, 0.25) is 0 Å². The van der Waals surface area contributed by atoms with Crippen molar-refractivity contribution in [1.29, 1.82) is 0 Å². The molecule has 120 valence electrons. The lowest BCUT2D eigenvalue weighted by atomic mass is 10.0. The number of hydrogen-bond donors (Lipinski definition) is 1. The van der Waals surface area contributed by atoms with Crippen LogP contribution in [0.4, 0.5) is 0 Å². The number of ether oxygens (including phenoxy) is 1. The zero-order chi connectivity index (χ0) is 16.4. The van der Waals surface area contributed by atoms with Crippen LogP contribution in [0.15, 0.2) is 33.5 Å². The number of aromatic amines is 1. The first-order chi connectivity index (χ1) is 11.1. The predicted molar refractivity (Wildman–Crippen MR) is 97.8 cm³/mol. The van der Waals surface area contributed by atoms with Crippen LogP contribution < -0.4 is 5.56 Å². The topological polar surface area (TPSA) is 55.0 Å². The Balaban J connectivity index is 2.03. The van der Waals surface area contributed by atoms with Crippen LogP contribution in [0.5, 0.6) is 0 Å². The molecule has 2 heterocycles. The molecule has 0 spiro atoms.